The van der Waals surface area contributed by atoms with E-state index in [2.05, 4.69) is 5.32 Å². The molecule has 0 fully saturated rings. The van der Waals surface area contributed by atoms with Gasteiger partial charge in [0.25, 0.3) is 0 Å². The Labute approximate surface area is 124 Å². The Morgan fingerprint density at radius 1 is 1.14 bits per heavy atom. The summed E-state index contributed by atoms with van der Waals surface area (Å²) in [6.45, 7) is -0.0509. The fourth-order valence-electron chi connectivity index (χ4n) is 1.90. The van der Waals surface area contributed by atoms with Gasteiger partial charge in [0.15, 0.2) is 0 Å². The molecular weight excluding hydrogens is 301 g/mol. The highest BCUT2D eigenvalue weighted by Crippen LogP contribution is 2.32. The quantitative estimate of drug-likeness (QED) is 0.880. The van der Waals surface area contributed by atoms with Crippen molar-refractivity contribution in [2.45, 2.75) is 12.7 Å². The Hall–Kier alpha value is -2.19. The summed E-state index contributed by atoms with van der Waals surface area (Å²) in [4.78, 5) is 0. The van der Waals surface area contributed by atoms with Crippen molar-refractivity contribution >= 4 is 17.3 Å². The summed E-state index contributed by atoms with van der Waals surface area (Å²) in [7, 11) is 0. The number of rotatable bonds is 3. The summed E-state index contributed by atoms with van der Waals surface area (Å²) in [6, 6.07) is 11.8. The Morgan fingerprint density at radius 3 is 2.52 bits per heavy atom. The molecule has 2 nitrogen and oxygen atoms in total. The van der Waals surface area contributed by atoms with E-state index in [4.69, 9.17) is 16.9 Å². The number of alkyl halides is 3. The molecule has 0 spiro atoms. The van der Waals surface area contributed by atoms with Gasteiger partial charge in [0.05, 0.1) is 16.8 Å². The van der Waals surface area contributed by atoms with E-state index in [-0.39, 0.29) is 12.1 Å². The first-order valence-electron chi connectivity index (χ1n) is 6.00. The van der Waals surface area contributed by atoms with Crippen LogP contribution in [0.15, 0.2) is 42.5 Å². The number of benzene rings is 2. The van der Waals surface area contributed by atoms with Crippen molar-refractivity contribution in [1.82, 2.24) is 0 Å². The molecule has 1 N–H and O–H groups in total. The van der Waals surface area contributed by atoms with E-state index >= 15 is 0 Å². The molecule has 0 bridgehead atoms. The lowest BCUT2D eigenvalue weighted by Crippen LogP contribution is -2.12. The molecule has 6 heteroatoms. The average molecular weight is 311 g/mol. The standard InChI is InChI=1S/C15H10ClF3N2/c16-12-6-5-10(8-20)14(7-12)21-9-11-3-1-2-4-13(11)15(17,18)19/h1-7,21H,9H2. The van der Waals surface area contributed by atoms with Gasteiger partial charge in [-0.2, -0.15) is 18.4 Å². The minimum absolute atomic E-state index is 0.0509. The Kier molecular flexibility index (Phi) is 4.39. The fourth-order valence-corrected chi connectivity index (χ4v) is 2.07. The predicted molar refractivity (Wildman–Crippen MR) is 74.9 cm³/mol. The Morgan fingerprint density at radius 2 is 1.86 bits per heavy atom. The molecule has 0 saturated heterocycles. The fraction of sp³-hybridized carbons (Fsp3) is 0.133. The van der Waals surface area contributed by atoms with E-state index in [0.29, 0.717) is 16.3 Å². The van der Waals surface area contributed by atoms with Crippen LogP contribution in [0.5, 0.6) is 0 Å². The van der Waals surface area contributed by atoms with Crippen LogP contribution in [0.4, 0.5) is 18.9 Å². The SMILES string of the molecule is N#Cc1ccc(Cl)cc1NCc1ccccc1C(F)(F)F. The third-order valence-corrected chi connectivity index (χ3v) is 3.13. The van der Waals surface area contributed by atoms with Crippen LogP contribution in [0.1, 0.15) is 16.7 Å². The summed E-state index contributed by atoms with van der Waals surface area (Å²) in [5.74, 6) is 0. The summed E-state index contributed by atoms with van der Waals surface area (Å²) < 4.78 is 38.6. The topological polar surface area (TPSA) is 35.8 Å². The Bertz CT molecular complexity index is 690. The molecule has 0 radical (unpaired) electrons. The number of nitrogens with zero attached hydrogens (tertiary/aromatic N) is 1. The van der Waals surface area contributed by atoms with E-state index in [9.17, 15) is 13.2 Å². The lowest BCUT2D eigenvalue weighted by molar-refractivity contribution is -0.138. The van der Waals surface area contributed by atoms with Gasteiger partial charge >= 0.3 is 6.18 Å². The van der Waals surface area contributed by atoms with Gasteiger partial charge in [-0.1, -0.05) is 29.8 Å². The molecule has 0 aliphatic rings. The molecular formula is C15H10ClF3N2. The highest BCUT2D eigenvalue weighted by atomic mass is 35.5. The lowest BCUT2D eigenvalue weighted by Gasteiger charge is -2.14. The number of nitrogens with one attached hydrogen (secondary N) is 1. The van der Waals surface area contributed by atoms with Crippen molar-refractivity contribution in [3.63, 3.8) is 0 Å². The molecule has 0 heterocycles. The van der Waals surface area contributed by atoms with Gasteiger partial charge in [0.1, 0.15) is 6.07 Å². The first-order chi connectivity index (χ1) is 9.91. The highest BCUT2D eigenvalue weighted by molar-refractivity contribution is 6.30. The van der Waals surface area contributed by atoms with Crippen LogP contribution >= 0.6 is 11.6 Å². The van der Waals surface area contributed by atoms with E-state index in [0.717, 1.165) is 6.07 Å². The van der Waals surface area contributed by atoms with Crippen molar-refractivity contribution in [3.05, 3.63) is 64.2 Å². The molecule has 0 aliphatic heterocycles. The second kappa shape index (κ2) is 6.06. The summed E-state index contributed by atoms with van der Waals surface area (Å²) in [5.41, 5.74) is 0.137. The number of hydrogen-bond acceptors (Lipinski definition) is 2. The van der Waals surface area contributed by atoms with Gasteiger partial charge in [-0.25, -0.2) is 0 Å². The zero-order chi connectivity index (χ0) is 15.5. The average Bonchev–Trinajstić information content (AvgIpc) is 2.44. The zero-order valence-corrected chi connectivity index (χ0v) is 11.5. The highest BCUT2D eigenvalue weighted by Gasteiger charge is 2.32. The molecule has 2 rings (SSSR count). The van der Waals surface area contributed by atoms with Gasteiger partial charge in [0.2, 0.25) is 0 Å². The second-order valence-corrected chi connectivity index (χ2v) is 4.75. The number of halogens is 4. The lowest BCUT2D eigenvalue weighted by atomic mass is 10.1. The van der Waals surface area contributed by atoms with E-state index in [1.807, 2.05) is 6.07 Å². The van der Waals surface area contributed by atoms with Crippen LogP contribution in [0.3, 0.4) is 0 Å². The third kappa shape index (κ3) is 3.67. The first kappa shape index (κ1) is 15.2. The second-order valence-electron chi connectivity index (χ2n) is 4.31. The molecule has 0 atom stereocenters. The molecule has 108 valence electrons. The van der Waals surface area contributed by atoms with Crippen molar-refractivity contribution < 1.29 is 13.2 Å². The maximum atomic E-state index is 12.9. The largest absolute Gasteiger partial charge is 0.416 e. The molecule has 0 aliphatic carbocycles. The van der Waals surface area contributed by atoms with E-state index in [1.54, 1.807) is 6.07 Å². The van der Waals surface area contributed by atoms with Crippen LogP contribution in [-0.2, 0) is 12.7 Å². The summed E-state index contributed by atoms with van der Waals surface area (Å²) in [6.07, 6.45) is -4.41. The van der Waals surface area contributed by atoms with Gasteiger partial charge < -0.3 is 5.32 Å². The van der Waals surface area contributed by atoms with Crippen LogP contribution in [-0.4, -0.2) is 0 Å². The van der Waals surface area contributed by atoms with Crippen LogP contribution < -0.4 is 5.32 Å². The van der Waals surface area contributed by atoms with Crippen molar-refractivity contribution in [2.75, 3.05) is 5.32 Å². The van der Waals surface area contributed by atoms with Crippen molar-refractivity contribution in [1.29, 1.82) is 5.26 Å². The van der Waals surface area contributed by atoms with Crippen LogP contribution in [0.25, 0.3) is 0 Å². The first-order valence-corrected chi connectivity index (χ1v) is 6.38. The van der Waals surface area contributed by atoms with Gasteiger partial charge in [-0.3, -0.25) is 0 Å². The van der Waals surface area contributed by atoms with Crippen molar-refractivity contribution in [2.24, 2.45) is 0 Å². The molecule has 0 amide bonds. The molecule has 2 aromatic rings. The van der Waals surface area contributed by atoms with E-state index < -0.39 is 11.7 Å². The molecule has 2 aromatic carbocycles. The van der Waals surface area contributed by atoms with Crippen molar-refractivity contribution in [3.8, 4) is 6.07 Å². The molecule has 0 unspecified atom stereocenters. The summed E-state index contributed by atoms with van der Waals surface area (Å²) in [5, 5.41) is 12.2. The molecule has 0 saturated carbocycles. The van der Waals surface area contributed by atoms with Crippen LogP contribution in [0, 0.1) is 11.3 Å². The van der Waals surface area contributed by atoms with E-state index in [1.165, 1.54) is 30.3 Å². The maximum absolute atomic E-state index is 12.9. The molecule has 21 heavy (non-hydrogen) atoms. The number of nitriles is 1. The van der Waals surface area contributed by atoms with Crippen LogP contribution in [0.2, 0.25) is 5.02 Å². The normalized spacial score (nSPS) is 11.0. The smallest absolute Gasteiger partial charge is 0.380 e. The molecule has 0 aromatic heterocycles. The summed E-state index contributed by atoms with van der Waals surface area (Å²) >= 11 is 5.83. The number of anilines is 1. The van der Waals surface area contributed by atoms with Gasteiger partial charge in [-0.15, -0.1) is 0 Å². The Balaban J connectivity index is 2.26. The minimum atomic E-state index is -4.41. The van der Waals surface area contributed by atoms with Gasteiger partial charge in [0, 0.05) is 11.6 Å². The predicted octanol–water partition coefficient (Wildman–Crippen LogP) is 4.84. The van der Waals surface area contributed by atoms with Gasteiger partial charge in [-0.05, 0) is 29.8 Å². The maximum Gasteiger partial charge on any atom is 0.416 e. The zero-order valence-electron chi connectivity index (χ0n) is 10.7. The monoisotopic (exact) mass is 310 g/mol. The third-order valence-electron chi connectivity index (χ3n) is 2.89. The minimum Gasteiger partial charge on any atom is -0.380 e. The number of hydrogen-bond donors (Lipinski definition) is 1.